The molecule has 4 nitrogen and oxygen atoms in total. The Kier molecular flexibility index (Phi) is 4.83. The van der Waals surface area contributed by atoms with Crippen LogP contribution in [0.5, 0.6) is 0 Å². The molecule has 0 fully saturated rings. The average Bonchev–Trinajstić information content (AvgIpc) is 2.47. The molecule has 3 N–H and O–H groups in total. The summed E-state index contributed by atoms with van der Waals surface area (Å²) >= 11 is 6.00. The Balaban J connectivity index is 2.22. The van der Waals surface area contributed by atoms with Crippen LogP contribution in [0.2, 0.25) is 5.02 Å². The fourth-order valence-corrected chi connectivity index (χ4v) is 2.19. The lowest BCUT2D eigenvalue weighted by Crippen LogP contribution is -2.28. The van der Waals surface area contributed by atoms with Crippen LogP contribution in [0.3, 0.4) is 0 Å². The third-order valence-electron chi connectivity index (χ3n) is 3.14. The van der Waals surface area contributed by atoms with Gasteiger partial charge in [-0.3, -0.25) is 4.79 Å². The Morgan fingerprint density at radius 1 is 1.19 bits per heavy atom. The quantitative estimate of drug-likeness (QED) is 0.912. The molecule has 0 radical (unpaired) electrons. The molecular weight excluding hydrogens is 286 g/mol. The molecule has 0 aliphatic rings. The van der Waals surface area contributed by atoms with Crippen molar-refractivity contribution in [3.05, 3.63) is 59.1 Å². The molecule has 0 heterocycles. The molecule has 1 atom stereocenters. The van der Waals surface area contributed by atoms with Crippen LogP contribution < -0.4 is 16.0 Å². The highest BCUT2D eigenvalue weighted by Crippen LogP contribution is 2.28. The van der Waals surface area contributed by atoms with Crippen molar-refractivity contribution in [3.8, 4) is 0 Å². The highest BCUT2D eigenvalue weighted by atomic mass is 35.5. The molecule has 21 heavy (non-hydrogen) atoms. The van der Waals surface area contributed by atoms with Gasteiger partial charge in [0.15, 0.2) is 0 Å². The minimum Gasteiger partial charge on any atom is -0.376 e. The fourth-order valence-electron chi connectivity index (χ4n) is 2.02. The third-order valence-corrected chi connectivity index (χ3v) is 3.37. The summed E-state index contributed by atoms with van der Waals surface area (Å²) in [7, 11) is 3.80. The average molecular weight is 304 g/mol. The maximum atomic E-state index is 12.3. The smallest absolute Gasteiger partial charge is 0.245 e. The van der Waals surface area contributed by atoms with Gasteiger partial charge < -0.3 is 16.0 Å². The lowest BCUT2D eigenvalue weighted by molar-refractivity contribution is -0.117. The van der Waals surface area contributed by atoms with Gasteiger partial charge in [-0.2, -0.15) is 0 Å². The number of amides is 1. The van der Waals surface area contributed by atoms with Crippen LogP contribution in [-0.4, -0.2) is 20.0 Å². The number of nitrogens with two attached hydrogens (primary N) is 1. The van der Waals surface area contributed by atoms with E-state index in [1.807, 2.05) is 55.4 Å². The standard InChI is InChI=1S/C16H18ClN3O/c1-20(2)14-9-8-12(17)10-13(14)19-16(21)15(18)11-6-4-3-5-7-11/h3-10,15H,18H2,1-2H3,(H,19,21). The van der Waals surface area contributed by atoms with Crippen LogP contribution in [0.1, 0.15) is 11.6 Å². The van der Waals surface area contributed by atoms with Crippen LogP contribution in [-0.2, 0) is 4.79 Å². The van der Waals surface area contributed by atoms with Crippen molar-refractivity contribution in [2.24, 2.45) is 5.73 Å². The summed E-state index contributed by atoms with van der Waals surface area (Å²) in [5.41, 5.74) is 8.27. The van der Waals surface area contributed by atoms with Gasteiger partial charge in [0.05, 0.1) is 11.4 Å². The second-order valence-electron chi connectivity index (χ2n) is 4.93. The first-order valence-corrected chi connectivity index (χ1v) is 6.95. The lowest BCUT2D eigenvalue weighted by atomic mass is 10.1. The molecule has 0 saturated heterocycles. The molecule has 0 saturated carbocycles. The predicted octanol–water partition coefficient (Wildman–Crippen LogP) is 3.04. The fraction of sp³-hybridized carbons (Fsp3) is 0.188. The van der Waals surface area contributed by atoms with Crippen LogP contribution in [0.25, 0.3) is 0 Å². The second kappa shape index (κ2) is 6.61. The molecule has 0 aromatic heterocycles. The number of hydrogen-bond donors (Lipinski definition) is 2. The predicted molar refractivity (Wildman–Crippen MR) is 87.8 cm³/mol. The van der Waals surface area contributed by atoms with Gasteiger partial charge in [-0.05, 0) is 23.8 Å². The zero-order valence-electron chi connectivity index (χ0n) is 12.0. The third kappa shape index (κ3) is 3.74. The molecule has 110 valence electrons. The van der Waals surface area contributed by atoms with Crippen molar-refractivity contribution in [1.29, 1.82) is 0 Å². The van der Waals surface area contributed by atoms with E-state index in [0.29, 0.717) is 10.7 Å². The van der Waals surface area contributed by atoms with Gasteiger partial charge in [0.2, 0.25) is 5.91 Å². The molecule has 0 aliphatic carbocycles. The van der Waals surface area contributed by atoms with Crippen LogP contribution in [0.15, 0.2) is 48.5 Å². The van der Waals surface area contributed by atoms with E-state index in [-0.39, 0.29) is 5.91 Å². The Labute approximate surface area is 129 Å². The van der Waals surface area contributed by atoms with Gasteiger partial charge in [-0.25, -0.2) is 0 Å². The zero-order valence-corrected chi connectivity index (χ0v) is 12.8. The number of anilines is 2. The summed E-state index contributed by atoms with van der Waals surface area (Å²) in [5, 5.41) is 3.40. The first kappa shape index (κ1) is 15.4. The Morgan fingerprint density at radius 3 is 2.48 bits per heavy atom. The molecule has 0 aliphatic heterocycles. The molecular formula is C16H18ClN3O. The van der Waals surface area contributed by atoms with E-state index < -0.39 is 6.04 Å². The largest absolute Gasteiger partial charge is 0.376 e. The summed E-state index contributed by atoms with van der Waals surface area (Å²) in [6.45, 7) is 0. The van der Waals surface area contributed by atoms with Gasteiger partial charge in [0.25, 0.3) is 0 Å². The molecule has 0 spiro atoms. The van der Waals surface area contributed by atoms with Crippen molar-refractivity contribution < 1.29 is 4.79 Å². The van der Waals surface area contributed by atoms with Crippen LogP contribution in [0.4, 0.5) is 11.4 Å². The Hall–Kier alpha value is -2.04. The van der Waals surface area contributed by atoms with Crippen molar-refractivity contribution in [3.63, 3.8) is 0 Å². The van der Waals surface area contributed by atoms with E-state index in [0.717, 1.165) is 11.3 Å². The monoisotopic (exact) mass is 303 g/mol. The van der Waals surface area contributed by atoms with Gasteiger partial charge in [0, 0.05) is 19.1 Å². The number of nitrogens with one attached hydrogen (secondary N) is 1. The topological polar surface area (TPSA) is 58.4 Å². The van der Waals surface area contributed by atoms with Gasteiger partial charge in [-0.15, -0.1) is 0 Å². The van der Waals surface area contributed by atoms with E-state index in [1.54, 1.807) is 12.1 Å². The number of carbonyl (C=O) groups is 1. The van der Waals surface area contributed by atoms with Gasteiger partial charge in [-0.1, -0.05) is 41.9 Å². The Morgan fingerprint density at radius 2 is 1.86 bits per heavy atom. The highest BCUT2D eigenvalue weighted by Gasteiger charge is 2.17. The molecule has 2 aromatic carbocycles. The normalized spacial score (nSPS) is 11.8. The SMILES string of the molecule is CN(C)c1ccc(Cl)cc1NC(=O)C(N)c1ccccc1. The second-order valence-corrected chi connectivity index (χ2v) is 5.37. The number of benzene rings is 2. The zero-order chi connectivity index (χ0) is 15.4. The molecule has 0 bridgehead atoms. The molecule has 5 heteroatoms. The Bertz CT molecular complexity index is 629. The van der Waals surface area contributed by atoms with E-state index in [2.05, 4.69) is 5.32 Å². The molecule has 2 rings (SSSR count). The maximum absolute atomic E-state index is 12.3. The number of nitrogens with zero attached hydrogens (tertiary/aromatic N) is 1. The minimum absolute atomic E-state index is 0.272. The van der Waals surface area contributed by atoms with E-state index >= 15 is 0 Å². The van der Waals surface area contributed by atoms with Crippen molar-refractivity contribution in [2.75, 3.05) is 24.3 Å². The summed E-state index contributed by atoms with van der Waals surface area (Å²) < 4.78 is 0. The van der Waals surface area contributed by atoms with E-state index in [1.165, 1.54) is 0 Å². The number of halogens is 1. The molecule has 1 amide bonds. The summed E-state index contributed by atoms with van der Waals surface area (Å²) in [4.78, 5) is 14.2. The lowest BCUT2D eigenvalue weighted by Gasteiger charge is -2.20. The summed E-state index contributed by atoms with van der Waals surface area (Å²) in [6.07, 6.45) is 0. The van der Waals surface area contributed by atoms with Crippen molar-refractivity contribution >= 4 is 28.9 Å². The molecule has 1 unspecified atom stereocenters. The van der Waals surface area contributed by atoms with Crippen LogP contribution in [0, 0.1) is 0 Å². The first-order valence-electron chi connectivity index (χ1n) is 6.57. The number of carbonyl (C=O) groups excluding carboxylic acids is 1. The highest BCUT2D eigenvalue weighted by molar-refractivity contribution is 6.31. The molecule has 2 aromatic rings. The van der Waals surface area contributed by atoms with Crippen molar-refractivity contribution in [1.82, 2.24) is 0 Å². The summed E-state index contributed by atoms with van der Waals surface area (Å²) in [5.74, 6) is -0.272. The number of hydrogen-bond acceptors (Lipinski definition) is 3. The maximum Gasteiger partial charge on any atom is 0.245 e. The first-order chi connectivity index (χ1) is 9.99. The van der Waals surface area contributed by atoms with Gasteiger partial charge >= 0.3 is 0 Å². The van der Waals surface area contributed by atoms with Crippen LogP contribution >= 0.6 is 11.6 Å². The summed E-state index contributed by atoms with van der Waals surface area (Å²) in [6, 6.07) is 13.9. The van der Waals surface area contributed by atoms with E-state index in [9.17, 15) is 4.79 Å². The minimum atomic E-state index is -0.722. The number of rotatable bonds is 4. The van der Waals surface area contributed by atoms with E-state index in [4.69, 9.17) is 17.3 Å². The van der Waals surface area contributed by atoms with Crippen molar-refractivity contribution in [2.45, 2.75) is 6.04 Å². The van der Waals surface area contributed by atoms with Gasteiger partial charge in [0.1, 0.15) is 6.04 Å².